The van der Waals surface area contributed by atoms with E-state index in [0.29, 0.717) is 0 Å². The van der Waals surface area contributed by atoms with E-state index in [2.05, 4.69) is 14.1 Å². The highest BCUT2D eigenvalue weighted by Gasteiger charge is 2.05. The van der Waals surface area contributed by atoms with Gasteiger partial charge in [0.2, 0.25) is 0 Å². The van der Waals surface area contributed by atoms with E-state index in [-0.39, 0.29) is 6.03 Å². The second-order valence-corrected chi connectivity index (χ2v) is 3.82. The number of anilines is 1. The molecule has 0 bridgehead atoms. The second kappa shape index (κ2) is 3.82. The van der Waals surface area contributed by atoms with Gasteiger partial charge in [-0.3, -0.25) is 0 Å². The van der Waals surface area contributed by atoms with Crippen LogP contribution in [0.2, 0.25) is 0 Å². The average Bonchev–Trinajstić information content (AvgIpc) is 2.64. The topological polar surface area (TPSA) is 58.1 Å². The van der Waals surface area contributed by atoms with E-state index in [9.17, 15) is 4.79 Å². The Morgan fingerprint density at radius 1 is 1.33 bits per heavy atom. The first-order chi connectivity index (χ1) is 7.16. The molecular weight excluding hydrogens is 212 g/mol. The van der Waals surface area contributed by atoms with Crippen LogP contribution in [-0.4, -0.2) is 33.8 Å². The Balaban J connectivity index is 2.25. The van der Waals surface area contributed by atoms with E-state index in [0.717, 1.165) is 28.4 Å². The monoisotopic (exact) mass is 222 g/mol. The zero-order valence-electron chi connectivity index (χ0n) is 8.39. The molecule has 0 saturated carbocycles. The van der Waals surface area contributed by atoms with Gasteiger partial charge in [0, 0.05) is 19.8 Å². The van der Waals surface area contributed by atoms with Gasteiger partial charge in [-0.15, -0.1) is 0 Å². The third-order valence-corrected chi connectivity index (χ3v) is 2.47. The zero-order chi connectivity index (χ0) is 10.8. The molecule has 0 saturated heterocycles. The number of carbonyl (C=O) groups excluding carboxylic acids is 1. The molecule has 6 heteroatoms. The Bertz CT molecular complexity index is 494. The van der Waals surface area contributed by atoms with E-state index < -0.39 is 0 Å². The van der Waals surface area contributed by atoms with Crippen molar-refractivity contribution >= 4 is 34.5 Å². The van der Waals surface area contributed by atoms with Gasteiger partial charge in [0.05, 0.1) is 11.7 Å². The Morgan fingerprint density at radius 3 is 2.80 bits per heavy atom. The summed E-state index contributed by atoms with van der Waals surface area (Å²) in [6.45, 7) is 0. The molecule has 0 fully saturated rings. The van der Waals surface area contributed by atoms with Gasteiger partial charge in [0.1, 0.15) is 11.0 Å². The predicted molar refractivity (Wildman–Crippen MR) is 60.1 cm³/mol. The second-order valence-electron chi connectivity index (χ2n) is 3.29. The molecule has 2 aromatic rings. The molecule has 78 valence electrons. The molecule has 15 heavy (non-hydrogen) atoms. The SMILES string of the molecule is CN(C)C(=O)Nc1ccc2nsnc2c1. The van der Waals surface area contributed by atoms with Crippen LogP contribution in [0.5, 0.6) is 0 Å². The number of rotatable bonds is 1. The van der Waals surface area contributed by atoms with Crippen molar-refractivity contribution in [3.05, 3.63) is 18.2 Å². The Morgan fingerprint density at radius 2 is 2.07 bits per heavy atom. The maximum atomic E-state index is 11.4. The molecule has 2 rings (SSSR count). The molecule has 1 N–H and O–H groups in total. The molecule has 1 heterocycles. The standard InChI is InChI=1S/C9H10N4OS/c1-13(2)9(14)10-6-3-4-7-8(5-6)12-15-11-7/h3-5H,1-2H3,(H,10,14). The Hall–Kier alpha value is -1.69. The van der Waals surface area contributed by atoms with Crippen molar-refractivity contribution in [3.8, 4) is 0 Å². The zero-order valence-corrected chi connectivity index (χ0v) is 9.21. The van der Waals surface area contributed by atoms with Crippen molar-refractivity contribution in [2.24, 2.45) is 0 Å². The summed E-state index contributed by atoms with van der Waals surface area (Å²) in [7, 11) is 3.39. The maximum absolute atomic E-state index is 11.4. The van der Waals surface area contributed by atoms with Crippen molar-refractivity contribution < 1.29 is 4.79 Å². The summed E-state index contributed by atoms with van der Waals surface area (Å²) < 4.78 is 8.18. The van der Waals surface area contributed by atoms with Crippen molar-refractivity contribution in [1.82, 2.24) is 13.6 Å². The lowest BCUT2D eigenvalue weighted by Gasteiger charge is -2.11. The number of hydrogen-bond donors (Lipinski definition) is 1. The molecule has 0 atom stereocenters. The molecule has 0 unspecified atom stereocenters. The van der Waals surface area contributed by atoms with Crippen LogP contribution in [0.4, 0.5) is 10.5 Å². The highest BCUT2D eigenvalue weighted by atomic mass is 32.1. The summed E-state index contributed by atoms with van der Waals surface area (Å²) in [6.07, 6.45) is 0. The molecule has 0 spiro atoms. The van der Waals surface area contributed by atoms with E-state index in [1.54, 1.807) is 20.2 Å². The van der Waals surface area contributed by atoms with Crippen LogP contribution >= 0.6 is 11.7 Å². The third kappa shape index (κ3) is 2.04. The number of hydrogen-bond acceptors (Lipinski definition) is 4. The van der Waals surface area contributed by atoms with Crippen LogP contribution in [0.15, 0.2) is 18.2 Å². The number of nitrogens with one attached hydrogen (secondary N) is 1. The fourth-order valence-corrected chi connectivity index (χ4v) is 1.61. The van der Waals surface area contributed by atoms with Crippen molar-refractivity contribution in [2.75, 3.05) is 19.4 Å². The first-order valence-electron chi connectivity index (χ1n) is 4.37. The summed E-state index contributed by atoms with van der Waals surface area (Å²) in [4.78, 5) is 12.8. The lowest BCUT2D eigenvalue weighted by Crippen LogP contribution is -2.27. The van der Waals surface area contributed by atoms with Crippen LogP contribution in [0, 0.1) is 0 Å². The van der Waals surface area contributed by atoms with Crippen molar-refractivity contribution in [3.63, 3.8) is 0 Å². The van der Waals surface area contributed by atoms with Crippen LogP contribution < -0.4 is 5.32 Å². The number of fused-ring (bicyclic) bond motifs is 1. The van der Waals surface area contributed by atoms with Gasteiger partial charge in [-0.25, -0.2) is 4.79 Å². The van der Waals surface area contributed by atoms with Gasteiger partial charge in [-0.1, -0.05) is 0 Å². The minimum Gasteiger partial charge on any atom is -0.331 e. The smallest absolute Gasteiger partial charge is 0.321 e. The van der Waals surface area contributed by atoms with Crippen LogP contribution in [0.3, 0.4) is 0 Å². The van der Waals surface area contributed by atoms with Crippen LogP contribution in [0.1, 0.15) is 0 Å². The van der Waals surface area contributed by atoms with E-state index in [4.69, 9.17) is 0 Å². The van der Waals surface area contributed by atoms with Gasteiger partial charge < -0.3 is 10.2 Å². The van der Waals surface area contributed by atoms with Crippen molar-refractivity contribution in [2.45, 2.75) is 0 Å². The van der Waals surface area contributed by atoms with Crippen LogP contribution in [-0.2, 0) is 0 Å². The highest BCUT2D eigenvalue weighted by Crippen LogP contribution is 2.17. The minimum absolute atomic E-state index is 0.155. The third-order valence-electron chi connectivity index (χ3n) is 1.91. The number of amides is 2. The molecule has 0 aliphatic carbocycles. The number of carbonyl (C=O) groups is 1. The summed E-state index contributed by atoms with van der Waals surface area (Å²) in [5.41, 5.74) is 2.38. The van der Waals surface area contributed by atoms with Gasteiger partial charge in [0.15, 0.2) is 0 Å². The first kappa shape index (κ1) is 9.85. The summed E-state index contributed by atoms with van der Waals surface area (Å²) >= 11 is 1.16. The van der Waals surface area contributed by atoms with E-state index in [1.807, 2.05) is 12.1 Å². The van der Waals surface area contributed by atoms with Gasteiger partial charge >= 0.3 is 6.03 Å². The minimum atomic E-state index is -0.155. The maximum Gasteiger partial charge on any atom is 0.321 e. The normalized spacial score (nSPS) is 10.3. The van der Waals surface area contributed by atoms with Crippen molar-refractivity contribution in [1.29, 1.82) is 0 Å². The Labute approximate surface area is 91.0 Å². The summed E-state index contributed by atoms with van der Waals surface area (Å²) in [6, 6.07) is 5.30. The van der Waals surface area contributed by atoms with Gasteiger partial charge in [-0.2, -0.15) is 8.75 Å². The fraction of sp³-hybridized carbons (Fsp3) is 0.222. The fourth-order valence-electron chi connectivity index (χ4n) is 1.10. The Kier molecular flexibility index (Phi) is 2.51. The molecule has 1 aromatic carbocycles. The number of benzene rings is 1. The summed E-state index contributed by atoms with van der Waals surface area (Å²) in [5, 5.41) is 2.75. The van der Waals surface area contributed by atoms with Gasteiger partial charge in [0.25, 0.3) is 0 Å². The summed E-state index contributed by atoms with van der Waals surface area (Å²) in [5.74, 6) is 0. The molecular formula is C9H10N4OS. The molecule has 1 aromatic heterocycles. The number of urea groups is 1. The molecule has 0 aliphatic heterocycles. The number of aromatic nitrogens is 2. The quantitative estimate of drug-likeness (QED) is 0.800. The molecule has 0 aliphatic rings. The molecule has 2 amide bonds. The number of nitrogens with zero attached hydrogens (tertiary/aromatic N) is 3. The van der Waals surface area contributed by atoms with Gasteiger partial charge in [-0.05, 0) is 18.2 Å². The van der Waals surface area contributed by atoms with E-state index in [1.165, 1.54) is 4.90 Å². The highest BCUT2D eigenvalue weighted by molar-refractivity contribution is 7.00. The lowest BCUT2D eigenvalue weighted by molar-refractivity contribution is 0.230. The van der Waals surface area contributed by atoms with Crippen LogP contribution in [0.25, 0.3) is 11.0 Å². The largest absolute Gasteiger partial charge is 0.331 e. The van der Waals surface area contributed by atoms with E-state index >= 15 is 0 Å². The molecule has 5 nitrogen and oxygen atoms in total. The lowest BCUT2D eigenvalue weighted by atomic mass is 10.3. The first-order valence-corrected chi connectivity index (χ1v) is 5.10. The predicted octanol–water partition coefficient (Wildman–Crippen LogP) is 1.78. The molecule has 0 radical (unpaired) electrons. The average molecular weight is 222 g/mol.